The van der Waals surface area contributed by atoms with Crippen LogP contribution in [0.1, 0.15) is 17.5 Å². The summed E-state index contributed by atoms with van der Waals surface area (Å²) in [5.74, 6) is -1.98. The summed E-state index contributed by atoms with van der Waals surface area (Å²) in [6.45, 7) is 0. The van der Waals surface area contributed by atoms with Gasteiger partial charge in [-0.15, -0.1) is 0 Å². The Bertz CT molecular complexity index is 531. The van der Waals surface area contributed by atoms with E-state index in [0.29, 0.717) is 12.8 Å². The Morgan fingerprint density at radius 1 is 0.737 bits per heavy atom. The Labute approximate surface area is 110 Å². The topological polar surface area (TPSA) is 40.5 Å². The molecule has 0 bridgehead atoms. The second-order valence-corrected chi connectivity index (χ2v) is 4.43. The first-order valence-corrected chi connectivity index (χ1v) is 6.01. The molecule has 100 valence electrons. The molecule has 19 heavy (non-hydrogen) atoms. The molecule has 2 aromatic carbocycles. The predicted molar refractivity (Wildman–Crippen MR) is 68.2 cm³/mol. The number of hydrogen-bond acceptors (Lipinski definition) is 2. The van der Waals surface area contributed by atoms with Gasteiger partial charge < -0.3 is 10.2 Å². The van der Waals surface area contributed by atoms with Crippen molar-refractivity contribution in [3.63, 3.8) is 0 Å². The number of aryl methyl sites for hydroxylation is 2. The van der Waals surface area contributed by atoms with E-state index in [4.69, 9.17) is 10.2 Å². The lowest BCUT2D eigenvalue weighted by atomic mass is 10.0. The maximum atomic E-state index is 13.1. The minimum Gasteiger partial charge on any atom is -0.505 e. The van der Waals surface area contributed by atoms with Crippen LogP contribution in [0.2, 0.25) is 0 Å². The lowest BCUT2D eigenvalue weighted by molar-refractivity contribution is 0.431. The van der Waals surface area contributed by atoms with Crippen LogP contribution in [0.5, 0.6) is 11.5 Å². The maximum absolute atomic E-state index is 13.1. The predicted octanol–water partition coefficient (Wildman–Crippen LogP) is 3.55. The van der Waals surface area contributed by atoms with E-state index in [0.717, 1.165) is 17.5 Å². The van der Waals surface area contributed by atoms with Crippen LogP contribution in [0.4, 0.5) is 8.78 Å². The molecule has 0 aliphatic rings. The molecule has 0 amide bonds. The van der Waals surface area contributed by atoms with Crippen molar-refractivity contribution < 1.29 is 19.0 Å². The van der Waals surface area contributed by atoms with Gasteiger partial charge in [-0.25, -0.2) is 8.78 Å². The lowest BCUT2D eigenvalue weighted by Crippen LogP contribution is -1.92. The molecule has 2 rings (SSSR count). The quantitative estimate of drug-likeness (QED) is 0.886. The van der Waals surface area contributed by atoms with Gasteiger partial charge in [0, 0.05) is 0 Å². The number of phenols is 2. The molecule has 2 aromatic rings. The first-order chi connectivity index (χ1) is 9.06. The number of aromatic hydroxyl groups is 2. The molecule has 0 heterocycles. The lowest BCUT2D eigenvalue weighted by Gasteiger charge is -2.04. The highest BCUT2D eigenvalue weighted by atomic mass is 19.1. The summed E-state index contributed by atoms with van der Waals surface area (Å²) in [6, 6.07) is 8.57. The minimum absolute atomic E-state index is 0.357. The van der Waals surface area contributed by atoms with Crippen LogP contribution in [-0.4, -0.2) is 10.2 Å². The molecule has 0 fully saturated rings. The summed E-state index contributed by atoms with van der Waals surface area (Å²) >= 11 is 0. The second kappa shape index (κ2) is 5.69. The number of rotatable bonds is 4. The SMILES string of the molecule is Oc1ccc(CCCc2ccc(O)c(F)c2)cc1F. The zero-order chi connectivity index (χ0) is 13.8. The molecule has 0 atom stereocenters. The van der Waals surface area contributed by atoms with Gasteiger partial charge in [-0.05, 0) is 54.7 Å². The molecule has 0 aliphatic carbocycles. The average molecular weight is 264 g/mol. The number of phenolic OH excluding ortho intramolecular Hbond substituents is 2. The Morgan fingerprint density at radius 3 is 1.53 bits per heavy atom. The van der Waals surface area contributed by atoms with Crippen LogP contribution in [0, 0.1) is 11.6 Å². The van der Waals surface area contributed by atoms with E-state index in [-0.39, 0.29) is 11.5 Å². The van der Waals surface area contributed by atoms with E-state index in [9.17, 15) is 8.78 Å². The largest absolute Gasteiger partial charge is 0.505 e. The van der Waals surface area contributed by atoms with Crippen LogP contribution in [0.25, 0.3) is 0 Å². The smallest absolute Gasteiger partial charge is 0.165 e. The van der Waals surface area contributed by atoms with Crippen molar-refractivity contribution in [2.24, 2.45) is 0 Å². The van der Waals surface area contributed by atoms with Crippen LogP contribution >= 0.6 is 0 Å². The zero-order valence-corrected chi connectivity index (χ0v) is 10.2. The first kappa shape index (κ1) is 13.3. The molecule has 0 spiro atoms. The molecule has 2 N–H and O–H groups in total. The molecular weight excluding hydrogens is 250 g/mol. The minimum atomic E-state index is -0.631. The Balaban J connectivity index is 1.92. The summed E-state index contributed by atoms with van der Waals surface area (Å²) in [5.41, 5.74) is 1.57. The van der Waals surface area contributed by atoms with Gasteiger partial charge in [0.1, 0.15) is 0 Å². The van der Waals surface area contributed by atoms with Crippen molar-refractivity contribution in [2.75, 3.05) is 0 Å². The van der Waals surface area contributed by atoms with Gasteiger partial charge >= 0.3 is 0 Å². The highest BCUT2D eigenvalue weighted by Crippen LogP contribution is 2.19. The first-order valence-electron chi connectivity index (χ1n) is 6.01. The average Bonchev–Trinajstić information content (AvgIpc) is 2.38. The van der Waals surface area contributed by atoms with Crippen molar-refractivity contribution in [3.8, 4) is 11.5 Å². The fourth-order valence-corrected chi connectivity index (χ4v) is 1.91. The van der Waals surface area contributed by atoms with E-state index in [1.165, 1.54) is 24.3 Å². The van der Waals surface area contributed by atoms with E-state index in [1.54, 1.807) is 12.1 Å². The van der Waals surface area contributed by atoms with E-state index >= 15 is 0 Å². The summed E-state index contributed by atoms with van der Waals surface area (Å²) < 4.78 is 26.2. The normalized spacial score (nSPS) is 10.6. The van der Waals surface area contributed by atoms with E-state index < -0.39 is 11.6 Å². The fourth-order valence-electron chi connectivity index (χ4n) is 1.91. The van der Waals surface area contributed by atoms with E-state index in [2.05, 4.69) is 0 Å². The number of benzene rings is 2. The Morgan fingerprint density at radius 2 is 1.16 bits per heavy atom. The van der Waals surface area contributed by atoms with Crippen molar-refractivity contribution in [2.45, 2.75) is 19.3 Å². The molecule has 0 saturated heterocycles. The molecule has 0 saturated carbocycles. The van der Waals surface area contributed by atoms with Crippen LogP contribution in [0.15, 0.2) is 36.4 Å². The van der Waals surface area contributed by atoms with Gasteiger partial charge in [-0.2, -0.15) is 0 Å². The standard InChI is InChI=1S/C15H14F2O2/c16-12-8-10(4-6-14(12)18)2-1-3-11-5-7-15(19)13(17)9-11/h4-9,18-19H,1-3H2. The molecule has 0 unspecified atom stereocenters. The summed E-state index contributed by atoms with van der Waals surface area (Å²) in [5, 5.41) is 18.1. The Hall–Kier alpha value is -2.10. The van der Waals surface area contributed by atoms with Crippen molar-refractivity contribution in [1.82, 2.24) is 0 Å². The van der Waals surface area contributed by atoms with Crippen LogP contribution in [-0.2, 0) is 12.8 Å². The Kier molecular flexibility index (Phi) is 4.00. The highest BCUT2D eigenvalue weighted by Gasteiger charge is 2.04. The number of hydrogen-bond donors (Lipinski definition) is 2. The van der Waals surface area contributed by atoms with Gasteiger partial charge in [0.25, 0.3) is 0 Å². The van der Waals surface area contributed by atoms with Gasteiger partial charge in [0.15, 0.2) is 23.1 Å². The van der Waals surface area contributed by atoms with Crippen LogP contribution in [0.3, 0.4) is 0 Å². The van der Waals surface area contributed by atoms with Gasteiger partial charge in [-0.1, -0.05) is 12.1 Å². The van der Waals surface area contributed by atoms with Crippen molar-refractivity contribution in [3.05, 3.63) is 59.2 Å². The molecule has 0 aromatic heterocycles. The van der Waals surface area contributed by atoms with Gasteiger partial charge in [0.05, 0.1) is 0 Å². The molecule has 4 heteroatoms. The van der Waals surface area contributed by atoms with Crippen molar-refractivity contribution >= 4 is 0 Å². The summed E-state index contributed by atoms with van der Waals surface area (Å²) in [4.78, 5) is 0. The third-order valence-electron chi connectivity index (χ3n) is 2.96. The maximum Gasteiger partial charge on any atom is 0.165 e. The highest BCUT2D eigenvalue weighted by molar-refractivity contribution is 5.29. The van der Waals surface area contributed by atoms with Crippen molar-refractivity contribution in [1.29, 1.82) is 0 Å². The van der Waals surface area contributed by atoms with E-state index in [1.807, 2.05) is 0 Å². The molecule has 2 nitrogen and oxygen atoms in total. The summed E-state index contributed by atoms with van der Waals surface area (Å²) in [7, 11) is 0. The third kappa shape index (κ3) is 3.44. The zero-order valence-electron chi connectivity index (χ0n) is 10.2. The third-order valence-corrected chi connectivity index (χ3v) is 2.96. The summed E-state index contributed by atoms with van der Waals surface area (Å²) in [6.07, 6.45) is 2.01. The molecule has 0 radical (unpaired) electrons. The van der Waals surface area contributed by atoms with Crippen LogP contribution < -0.4 is 0 Å². The van der Waals surface area contributed by atoms with Gasteiger partial charge in [-0.3, -0.25) is 0 Å². The number of halogens is 2. The second-order valence-electron chi connectivity index (χ2n) is 4.43. The molecular formula is C15H14F2O2. The fraction of sp³-hybridized carbons (Fsp3) is 0.200. The molecule has 0 aliphatic heterocycles. The van der Waals surface area contributed by atoms with Gasteiger partial charge in [0.2, 0.25) is 0 Å². The monoisotopic (exact) mass is 264 g/mol.